The topological polar surface area (TPSA) is 67.3 Å². The van der Waals surface area contributed by atoms with Crippen molar-refractivity contribution in [2.75, 3.05) is 32.7 Å². The Balaban J connectivity index is 2.68. The molecule has 1 heterocycles. The first-order chi connectivity index (χ1) is 8.02. The molecule has 6 heteroatoms. The third-order valence-electron chi connectivity index (χ3n) is 2.06. The zero-order valence-corrected chi connectivity index (χ0v) is 10.6. The maximum Gasteiger partial charge on any atom is 0.246 e. The fourth-order valence-corrected chi connectivity index (χ4v) is 1.28. The van der Waals surface area contributed by atoms with Crippen LogP contribution in [0.25, 0.3) is 0 Å². The van der Waals surface area contributed by atoms with E-state index in [9.17, 15) is 4.79 Å². The van der Waals surface area contributed by atoms with Gasteiger partial charge < -0.3 is 15.0 Å². The van der Waals surface area contributed by atoms with Gasteiger partial charge in [0.2, 0.25) is 5.91 Å². The molecule has 6 nitrogen and oxygen atoms in total. The highest BCUT2D eigenvalue weighted by Crippen LogP contribution is 2.08. The van der Waals surface area contributed by atoms with Gasteiger partial charge in [0, 0.05) is 33.0 Å². The number of rotatable bonds is 5. The third-order valence-corrected chi connectivity index (χ3v) is 2.06. The molecule has 1 amide bonds. The van der Waals surface area contributed by atoms with Crippen molar-refractivity contribution in [2.45, 2.75) is 13.5 Å². The Morgan fingerprint density at radius 3 is 2.76 bits per heavy atom. The summed E-state index contributed by atoms with van der Waals surface area (Å²) in [6.07, 6.45) is 0. The van der Waals surface area contributed by atoms with E-state index in [1.54, 1.807) is 0 Å². The van der Waals surface area contributed by atoms with E-state index in [4.69, 9.17) is 4.74 Å². The van der Waals surface area contributed by atoms with Crippen molar-refractivity contribution in [2.24, 2.45) is 0 Å². The SMILES string of the molecule is COCC(=O)NCc1nc(C)cc(N(C)C)n1. The van der Waals surface area contributed by atoms with Crippen LogP contribution >= 0.6 is 0 Å². The number of nitrogens with one attached hydrogen (secondary N) is 1. The van der Waals surface area contributed by atoms with Crippen molar-refractivity contribution in [3.63, 3.8) is 0 Å². The van der Waals surface area contributed by atoms with Crippen LogP contribution in [-0.4, -0.2) is 43.7 Å². The minimum absolute atomic E-state index is 0.0480. The van der Waals surface area contributed by atoms with Gasteiger partial charge in [-0.15, -0.1) is 0 Å². The summed E-state index contributed by atoms with van der Waals surface area (Å²) in [7, 11) is 5.30. The summed E-state index contributed by atoms with van der Waals surface area (Å²) in [4.78, 5) is 21.7. The smallest absolute Gasteiger partial charge is 0.246 e. The van der Waals surface area contributed by atoms with E-state index in [2.05, 4.69) is 15.3 Å². The molecule has 0 bridgehead atoms. The zero-order chi connectivity index (χ0) is 12.8. The first-order valence-electron chi connectivity index (χ1n) is 5.30. The fourth-order valence-electron chi connectivity index (χ4n) is 1.28. The van der Waals surface area contributed by atoms with Crippen molar-refractivity contribution in [3.8, 4) is 0 Å². The largest absolute Gasteiger partial charge is 0.375 e. The fraction of sp³-hybridized carbons (Fsp3) is 0.545. The second-order valence-corrected chi connectivity index (χ2v) is 3.89. The molecule has 1 N–H and O–H groups in total. The number of methoxy groups -OCH3 is 1. The maximum atomic E-state index is 11.2. The molecule has 0 radical (unpaired) electrons. The highest BCUT2D eigenvalue weighted by Gasteiger charge is 2.05. The van der Waals surface area contributed by atoms with E-state index in [-0.39, 0.29) is 12.5 Å². The lowest BCUT2D eigenvalue weighted by Crippen LogP contribution is -2.27. The van der Waals surface area contributed by atoms with Crippen LogP contribution in [0.3, 0.4) is 0 Å². The summed E-state index contributed by atoms with van der Waals surface area (Å²) in [5, 5.41) is 2.69. The van der Waals surface area contributed by atoms with Crippen molar-refractivity contribution in [1.29, 1.82) is 0 Å². The molecule has 17 heavy (non-hydrogen) atoms. The molecular weight excluding hydrogens is 220 g/mol. The van der Waals surface area contributed by atoms with E-state index < -0.39 is 0 Å². The van der Waals surface area contributed by atoms with E-state index >= 15 is 0 Å². The summed E-state index contributed by atoms with van der Waals surface area (Å²) in [6.45, 7) is 2.26. The molecular formula is C11H18N4O2. The highest BCUT2D eigenvalue weighted by molar-refractivity contribution is 5.77. The van der Waals surface area contributed by atoms with Gasteiger partial charge in [0.25, 0.3) is 0 Å². The molecule has 0 aromatic carbocycles. The average Bonchev–Trinajstić information content (AvgIpc) is 2.26. The van der Waals surface area contributed by atoms with Gasteiger partial charge >= 0.3 is 0 Å². The number of anilines is 1. The number of aromatic nitrogens is 2. The molecule has 0 unspecified atom stereocenters. The van der Waals surface area contributed by atoms with Gasteiger partial charge in [0.05, 0.1) is 6.54 Å². The van der Waals surface area contributed by atoms with Crippen LogP contribution in [0, 0.1) is 6.92 Å². The third kappa shape index (κ3) is 4.36. The standard InChI is InChI=1S/C11H18N4O2/c1-8-5-10(15(2)3)14-9(13-8)6-12-11(16)7-17-4/h5H,6-7H2,1-4H3,(H,12,16). The van der Waals surface area contributed by atoms with Crippen LogP contribution in [0.5, 0.6) is 0 Å². The van der Waals surface area contributed by atoms with E-state index in [0.717, 1.165) is 11.5 Å². The second-order valence-electron chi connectivity index (χ2n) is 3.89. The molecule has 1 aromatic heterocycles. The Morgan fingerprint density at radius 2 is 2.18 bits per heavy atom. The van der Waals surface area contributed by atoms with Crippen LogP contribution in [0.1, 0.15) is 11.5 Å². The Morgan fingerprint density at radius 1 is 1.47 bits per heavy atom. The minimum Gasteiger partial charge on any atom is -0.375 e. The molecule has 0 atom stereocenters. The van der Waals surface area contributed by atoms with Crippen LogP contribution < -0.4 is 10.2 Å². The van der Waals surface area contributed by atoms with Crippen LogP contribution in [0.4, 0.5) is 5.82 Å². The second kappa shape index (κ2) is 6.15. The number of carbonyl (C=O) groups excluding carboxylic acids is 1. The Kier molecular flexibility index (Phi) is 4.84. The molecule has 94 valence electrons. The van der Waals surface area contributed by atoms with Crippen LogP contribution in [0.2, 0.25) is 0 Å². The molecule has 0 aliphatic heterocycles. The van der Waals surface area contributed by atoms with Gasteiger partial charge in [0.15, 0.2) is 0 Å². The van der Waals surface area contributed by atoms with Gasteiger partial charge in [-0.05, 0) is 6.92 Å². The summed E-state index contributed by atoms with van der Waals surface area (Å²) in [6, 6.07) is 1.89. The van der Waals surface area contributed by atoms with Gasteiger partial charge in [-0.1, -0.05) is 0 Å². The Bertz CT molecular complexity index is 393. The van der Waals surface area contributed by atoms with Crippen LogP contribution in [-0.2, 0) is 16.1 Å². The molecule has 0 aliphatic carbocycles. The number of hydrogen-bond donors (Lipinski definition) is 1. The van der Waals surface area contributed by atoms with E-state index in [1.807, 2.05) is 32.0 Å². The predicted molar refractivity (Wildman–Crippen MR) is 64.8 cm³/mol. The van der Waals surface area contributed by atoms with E-state index in [0.29, 0.717) is 12.4 Å². The molecule has 0 saturated heterocycles. The predicted octanol–water partition coefficient (Wildman–Crippen LogP) is 0.114. The molecule has 0 fully saturated rings. The minimum atomic E-state index is -0.177. The molecule has 1 aromatic rings. The van der Waals surface area contributed by atoms with E-state index in [1.165, 1.54) is 7.11 Å². The van der Waals surface area contributed by atoms with Crippen molar-refractivity contribution >= 4 is 11.7 Å². The molecule has 1 rings (SSSR count). The van der Waals surface area contributed by atoms with Gasteiger partial charge in [-0.2, -0.15) is 0 Å². The summed E-state index contributed by atoms with van der Waals surface area (Å²) in [5.74, 6) is 1.25. The number of hydrogen-bond acceptors (Lipinski definition) is 5. The quantitative estimate of drug-likeness (QED) is 0.789. The van der Waals surface area contributed by atoms with Crippen LogP contribution in [0.15, 0.2) is 6.07 Å². The lowest BCUT2D eigenvalue weighted by molar-refractivity contribution is -0.124. The number of carbonyl (C=O) groups is 1. The molecule has 0 saturated carbocycles. The first-order valence-corrected chi connectivity index (χ1v) is 5.30. The van der Waals surface area contributed by atoms with Gasteiger partial charge in [-0.3, -0.25) is 4.79 Å². The van der Waals surface area contributed by atoms with Crippen molar-refractivity contribution in [1.82, 2.24) is 15.3 Å². The first kappa shape index (κ1) is 13.4. The molecule has 0 aliphatic rings. The monoisotopic (exact) mass is 238 g/mol. The average molecular weight is 238 g/mol. The van der Waals surface area contributed by atoms with Crippen molar-refractivity contribution < 1.29 is 9.53 Å². The normalized spacial score (nSPS) is 10.1. The number of aryl methyl sites for hydroxylation is 1. The highest BCUT2D eigenvalue weighted by atomic mass is 16.5. The van der Waals surface area contributed by atoms with Gasteiger partial charge in [0.1, 0.15) is 18.2 Å². The summed E-state index contributed by atoms with van der Waals surface area (Å²) < 4.78 is 4.72. The Hall–Kier alpha value is -1.69. The lowest BCUT2D eigenvalue weighted by Gasteiger charge is -2.13. The maximum absolute atomic E-state index is 11.2. The number of ether oxygens (including phenoxy) is 1. The number of amides is 1. The summed E-state index contributed by atoms with van der Waals surface area (Å²) in [5.41, 5.74) is 0.875. The number of nitrogens with zero attached hydrogens (tertiary/aromatic N) is 3. The van der Waals surface area contributed by atoms with Crippen molar-refractivity contribution in [3.05, 3.63) is 17.6 Å². The summed E-state index contributed by atoms with van der Waals surface area (Å²) >= 11 is 0. The lowest BCUT2D eigenvalue weighted by atomic mass is 10.4. The van der Waals surface area contributed by atoms with Gasteiger partial charge in [-0.25, -0.2) is 9.97 Å². The molecule has 0 spiro atoms. The zero-order valence-electron chi connectivity index (χ0n) is 10.6. The Labute approximate surface area is 101 Å².